The summed E-state index contributed by atoms with van der Waals surface area (Å²) in [6.07, 6.45) is 5.66. The molecule has 1 atom stereocenters. The molecule has 2 heterocycles. The third-order valence-corrected chi connectivity index (χ3v) is 3.27. The number of nitrogens with zero attached hydrogens (tertiary/aromatic N) is 1. The largest absolute Gasteiger partial charge is 0.361 e. The van der Waals surface area contributed by atoms with Crippen molar-refractivity contribution in [3.8, 4) is 0 Å². The predicted octanol–water partition coefficient (Wildman–Crippen LogP) is 3.17. The minimum Gasteiger partial charge on any atom is -0.361 e. The van der Waals surface area contributed by atoms with Crippen molar-refractivity contribution in [2.75, 3.05) is 5.32 Å². The normalized spacial score (nSPS) is 12.5. The van der Waals surface area contributed by atoms with Gasteiger partial charge in [-0.25, -0.2) is 0 Å². The smallest absolute Gasteiger partial charge is 0.247 e. The molecular weight excluding hydrogens is 238 g/mol. The SMILES string of the molecule is CC(C(=O)Nc1ccc2[nH]ccc2c1)n1cccc1. The van der Waals surface area contributed by atoms with Gasteiger partial charge in [0.2, 0.25) is 5.91 Å². The number of nitrogens with one attached hydrogen (secondary N) is 2. The Hall–Kier alpha value is -2.49. The standard InChI is InChI=1S/C15H15N3O/c1-11(18-8-2-3-9-18)15(19)17-13-4-5-14-12(10-13)6-7-16-14/h2-11,16H,1H3,(H,17,19). The van der Waals surface area contributed by atoms with Gasteiger partial charge >= 0.3 is 0 Å². The van der Waals surface area contributed by atoms with Crippen LogP contribution in [-0.2, 0) is 4.79 Å². The van der Waals surface area contributed by atoms with E-state index in [1.54, 1.807) is 0 Å². The first-order valence-corrected chi connectivity index (χ1v) is 6.24. The van der Waals surface area contributed by atoms with E-state index in [1.165, 1.54) is 0 Å². The maximum absolute atomic E-state index is 12.1. The molecule has 96 valence electrons. The van der Waals surface area contributed by atoms with Crippen molar-refractivity contribution < 1.29 is 4.79 Å². The average molecular weight is 253 g/mol. The summed E-state index contributed by atoms with van der Waals surface area (Å²) >= 11 is 0. The second kappa shape index (κ2) is 4.65. The minimum atomic E-state index is -0.225. The van der Waals surface area contributed by atoms with E-state index in [2.05, 4.69) is 10.3 Å². The van der Waals surface area contributed by atoms with Crippen molar-refractivity contribution in [1.29, 1.82) is 0 Å². The maximum atomic E-state index is 12.1. The lowest BCUT2D eigenvalue weighted by molar-refractivity contribution is -0.118. The van der Waals surface area contributed by atoms with Crippen LogP contribution >= 0.6 is 0 Å². The molecule has 0 spiro atoms. The van der Waals surface area contributed by atoms with Crippen LogP contribution < -0.4 is 5.32 Å². The van der Waals surface area contributed by atoms with E-state index in [1.807, 2.05) is 66.5 Å². The van der Waals surface area contributed by atoms with Crippen LogP contribution in [-0.4, -0.2) is 15.5 Å². The number of fused-ring (bicyclic) bond motifs is 1. The molecule has 0 bridgehead atoms. The fraction of sp³-hybridized carbons (Fsp3) is 0.133. The van der Waals surface area contributed by atoms with Crippen molar-refractivity contribution in [3.05, 3.63) is 55.0 Å². The summed E-state index contributed by atoms with van der Waals surface area (Å²) in [7, 11) is 0. The zero-order valence-corrected chi connectivity index (χ0v) is 10.6. The second-order valence-electron chi connectivity index (χ2n) is 4.58. The molecule has 0 aliphatic rings. The van der Waals surface area contributed by atoms with E-state index in [-0.39, 0.29) is 11.9 Å². The minimum absolute atomic E-state index is 0.0221. The van der Waals surface area contributed by atoms with Crippen LogP contribution in [0.15, 0.2) is 55.0 Å². The van der Waals surface area contributed by atoms with Gasteiger partial charge in [-0.1, -0.05) is 0 Å². The van der Waals surface area contributed by atoms with Gasteiger partial charge in [-0.2, -0.15) is 0 Å². The Bertz CT molecular complexity index is 697. The Morgan fingerprint density at radius 2 is 2.05 bits per heavy atom. The lowest BCUT2D eigenvalue weighted by Gasteiger charge is -2.14. The summed E-state index contributed by atoms with van der Waals surface area (Å²) in [4.78, 5) is 15.3. The van der Waals surface area contributed by atoms with Gasteiger partial charge in [0.1, 0.15) is 6.04 Å². The Labute approximate surface area is 111 Å². The average Bonchev–Trinajstić information content (AvgIpc) is 3.08. The number of carbonyl (C=O) groups is 1. The number of aromatic nitrogens is 2. The Balaban J connectivity index is 1.78. The highest BCUT2D eigenvalue weighted by molar-refractivity contribution is 5.95. The molecule has 4 heteroatoms. The number of aromatic amines is 1. The molecular formula is C15H15N3O. The number of carbonyl (C=O) groups excluding carboxylic acids is 1. The number of hydrogen-bond acceptors (Lipinski definition) is 1. The van der Waals surface area contributed by atoms with E-state index in [9.17, 15) is 4.79 Å². The molecule has 2 aromatic heterocycles. The first kappa shape index (κ1) is 11.6. The number of rotatable bonds is 3. The third kappa shape index (κ3) is 2.25. The summed E-state index contributed by atoms with van der Waals surface area (Å²) in [5, 5.41) is 4.03. The molecule has 1 aromatic carbocycles. The molecule has 3 aromatic rings. The van der Waals surface area contributed by atoms with Crippen LogP contribution in [0.3, 0.4) is 0 Å². The molecule has 0 saturated carbocycles. The first-order chi connectivity index (χ1) is 9.24. The van der Waals surface area contributed by atoms with E-state index in [0.717, 1.165) is 16.6 Å². The van der Waals surface area contributed by atoms with Crippen molar-refractivity contribution in [2.45, 2.75) is 13.0 Å². The molecule has 4 nitrogen and oxygen atoms in total. The van der Waals surface area contributed by atoms with Gasteiger partial charge in [-0.3, -0.25) is 4.79 Å². The van der Waals surface area contributed by atoms with E-state index in [4.69, 9.17) is 0 Å². The number of H-pyrrole nitrogens is 1. The number of amides is 1. The van der Waals surface area contributed by atoms with Crippen LogP contribution in [0.4, 0.5) is 5.69 Å². The molecule has 0 radical (unpaired) electrons. The number of anilines is 1. The topological polar surface area (TPSA) is 49.8 Å². The molecule has 3 rings (SSSR count). The summed E-state index contributed by atoms with van der Waals surface area (Å²) < 4.78 is 1.88. The van der Waals surface area contributed by atoms with E-state index >= 15 is 0 Å². The van der Waals surface area contributed by atoms with Gasteiger partial charge in [0.15, 0.2) is 0 Å². The quantitative estimate of drug-likeness (QED) is 0.740. The zero-order valence-electron chi connectivity index (χ0n) is 10.6. The number of benzene rings is 1. The lowest BCUT2D eigenvalue weighted by Crippen LogP contribution is -2.22. The van der Waals surface area contributed by atoms with Crippen molar-refractivity contribution in [1.82, 2.24) is 9.55 Å². The molecule has 0 saturated heterocycles. The monoisotopic (exact) mass is 253 g/mol. The van der Waals surface area contributed by atoms with Crippen LogP contribution in [0.1, 0.15) is 13.0 Å². The summed E-state index contributed by atoms with van der Waals surface area (Å²) in [5.74, 6) is -0.0221. The van der Waals surface area contributed by atoms with Gasteiger partial charge in [0.25, 0.3) is 0 Å². The van der Waals surface area contributed by atoms with Gasteiger partial charge < -0.3 is 14.9 Å². The first-order valence-electron chi connectivity index (χ1n) is 6.24. The Kier molecular flexibility index (Phi) is 2.83. The second-order valence-corrected chi connectivity index (χ2v) is 4.58. The van der Waals surface area contributed by atoms with E-state index < -0.39 is 0 Å². The highest BCUT2D eigenvalue weighted by Gasteiger charge is 2.13. The van der Waals surface area contributed by atoms with Gasteiger partial charge in [-0.05, 0) is 43.3 Å². The molecule has 2 N–H and O–H groups in total. The van der Waals surface area contributed by atoms with Crippen LogP contribution in [0.2, 0.25) is 0 Å². The molecule has 0 aliphatic carbocycles. The van der Waals surface area contributed by atoms with Gasteiger partial charge in [-0.15, -0.1) is 0 Å². The Morgan fingerprint density at radius 1 is 1.26 bits per heavy atom. The fourth-order valence-electron chi connectivity index (χ4n) is 2.12. The van der Waals surface area contributed by atoms with Gasteiger partial charge in [0, 0.05) is 35.2 Å². The zero-order chi connectivity index (χ0) is 13.2. The van der Waals surface area contributed by atoms with Crippen LogP contribution in [0, 0.1) is 0 Å². The molecule has 0 fully saturated rings. The lowest BCUT2D eigenvalue weighted by atomic mass is 10.2. The van der Waals surface area contributed by atoms with Crippen LogP contribution in [0.25, 0.3) is 10.9 Å². The van der Waals surface area contributed by atoms with Crippen molar-refractivity contribution in [2.24, 2.45) is 0 Å². The van der Waals surface area contributed by atoms with Crippen molar-refractivity contribution in [3.63, 3.8) is 0 Å². The third-order valence-electron chi connectivity index (χ3n) is 3.27. The highest BCUT2D eigenvalue weighted by atomic mass is 16.2. The highest BCUT2D eigenvalue weighted by Crippen LogP contribution is 2.19. The molecule has 1 unspecified atom stereocenters. The maximum Gasteiger partial charge on any atom is 0.247 e. The Morgan fingerprint density at radius 3 is 2.84 bits per heavy atom. The summed E-state index contributed by atoms with van der Waals surface area (Å²) in [5.41, 5.74) is 1.88. The van der Waals surface area contributed by atoms with Gasteiger partial charge in [0.05, 0.1) is 0 Å². The van der Waals surface area contributed by atoms with Crippen LogP contribution in [0.5, 0.6) is 0 Å². The molecule has 1 amide bonds. The van der Waals surface area contributed by atoms with E-state index in [0.29, 0.717) is 0 Å². The summed E-state index contributed by atoms with van der Waals surface area (Å²) in [6.45, 7) is 1.88. The molecule has 19 heavy (non-hydrogen) atoms. The fourth-order valence-corrected chi connectivity index (χ4v) is 2.12. The number of hydrogen-bond donors (Lipinski definition) is 2. The van der Waals surface area contributed by atoms with Crippen molar-refractivity contribution >= 4 is 22.5 Å². The predicted molar refractivity (Wildman–Crippen MR) is 76.1 cm³/mol. The summed E-state index contributed by atoms with van der Waals surface area (Å²) in [6, 6.07) is 11.4. The molecule has 0 aliphatic heterocycles.